The highest BCUT2D eigenvalue weighted by Crippen LogP contribution is 2.22. The third-order valence-electron chi connectivity index (χ3n) is 2.73. The van der Waals surface area contributed by atoms with E-state index in [1.54, 1.807) is 18.5 Å². The molecule has 0 amide bonds. The van der Waals surface area contributed by atoms with Crippen LogP contribution in [-0.2, 0) is 17.1 Å². The Bertz CT molecular complexity index is 746. The summed E-state index contributed by atoms with van der Waals surface area (Å²) >= 11 is 5.87. The molecule has 9 nitrogen and oxygen atoms in total. The molecule has 0 aliphatic carbocycles. The maximum atomic E-state index is 12.3. The molecule has 0 aliphatic rings. The number of hydrogen-bond acceptors (Lipinski definition) is 7. The molecule has 0 aliphatic heterocycles. The molecule has 0 fully saturated rings. The molecule has 1 unspecified atom stereocenters. The van der Waals surface area contributed by atoms with Gasteiger partial charge in [0.15, 0.2) is 5.82 Å². The number of hydrazine groups is 1. The van der Waals surface area contributed by atoms with E-state index in [9.17, 15) is 8.42 Å². The van der Waals surface area contributed by atoms with Crippen LogP contribution in [-0.4, -0.2) is 28.2 Å². The third-order valence-corrected chi connectivity index (χ3v) is 4.52. The van der Waals surface area contributed by atoms with Gasteiger partial charge in [0.05, 0.1) is 11.1 Å². The van der Waals surface area contributed by atoms with Gasteiger partial charge in [-0.05, 0) is 13.0 Å². The largest absolute Gasteiger partial charge is 0.319 e. The van der Waals surface area contributed by atoms with E-state index >= 15 is 0 Å². The Morgan fingerprint density at radius 3 is 2.71 bits per heavy atom. The zero-order valence-electron chi connectivity index (χ0n) is 11.3. The first-order valence-electron chi connectivity index (χ1n) is 5.83. The summed E-state index contributed by atoms with van der Waals surface area (Å²) in [6, 6.07) is 0.698. The van der Waals surface area contributed by atoms with E-state index in [0.717, 1.165) is 6.20 Å². The molecular formula is C10H14ClN7O2S. The van der Waals surface area contributed by atoms with Crippen molar-refractivity contribution in [1.82, 2.24) is 24.5 Å². The minimum absolute atomic E-state index is 0.0690. The summed E-state index contributed by atoms with van der Waals surface area (Å²) < 4.78 is 28.7. The number of nitrogens with two attached hydrogens (primary N) is 1. The Balaban J connectivity index is 2.26. The highest BCUT2D eigenvalue weighted by Gasteiger charge is 2.22. The Kier molecular flexibility index (Phi) is 4.42. The van der Waals surface area contributed by atoms with Crippen LogP contribution in [0.15, 0.2) is 23.5 Å². The van der Waals surface area contributed by atoms with Crippen molar-refractivity contribution in [3.8, 4) is 0 Å². The average molecular weight is 332 g/mol. The second-order valence-corrected chi connectivity index (χ2v) is 6.41. The van der Waals surface area contributed by atoms with Crippen LogP contribution in [0.3, 0.4) is 0 Å². The van der Waals surface area contributed by atoms with Crippen molar-refractivity contribution in [2.24, 2.45) is 12.9 Å². The zero-order valence-corrected chi connectivity index (χ0v) is 12.9. The van der Waals surface area contributed by atoms with Gasteiger partial charge >= 0.3 is 0 Å². The number of nitrogens with one attached hydrogen (secondary N) is 2. The first-order chi connectivity index (χ1) is 9.85. The number of hydrogen-bond donors (Lipinski definition) is 3. The number of anilines is 1. The molecule has 11 heteroatoms. The minimum atomic E-state index is -3.80. The molecule has 2 aromatic heterocycles. The summed E-state index contributed by atoms with van der Waals surface area (Å²) in [5.41, 5.74) is 2.26. The minimum Gasteiger partial charge on any atom is -0.319 e. The lowest BCUT2D eigenvalue weighted by molar-refractivity contribution is 0.553. The van der Waals surface area contributed by atoms with Gasteiger partial charge in [-0.1, -0.05) is 11.6 Å². The van der Waals surface area contributed by atoms with Gasteiger partial charge in [0, 0.05) is 13.2 Å². The quantitative estimate of drug-likeness (QED) is 0.527. The number of sulfonamides is 1. The molecule has 2 aromatic rings. The van der Waals surface area contributed by atoms with Crippen LogP contribution in [0.25, 0.3) is 0 Å². The van der Waals surface area contributed by atoms with Crippen molar-refractivity contribution < 1.29 is 8.42 Å². The molecule has 2 heterocycles. The average Bonchev–Trinajstić information content (AvgIpc) is 2.84. The molecule has 0 radical (unpaired) electrons. The predicted molar refractivity (Wildman–Crippen MR) is 76.8 cm³/mol. The summed E-state index contributed by atoms with van der Waals surface area (Å²) in [4.78, 5) is 3.76. The number of nitrogens with zero attached hydrogens (tertiary/aromatic N) is 4. The molecule has 0 spiro atoms. The van der Waals surface area contributed by atoms with Gasteiger partial charge in [-0.15, -0.1) is 10.2 Å². The molecule has 1 atom stereocenters. The van der Waals surface area contributed by atoms with E-state index in [1.807, 2.05) is 0 Å². The van der Waals surface area contributed by atoms with Crippen LogP contribution < -0.4 is 16.0 Å². The molecule has 0 bridgehead atoms. The van der Waals surface area contributed by atoms with Gasteiger partial charge in [0.25, 0.3) is 0 Å². The Morgan fingerprint density at radius 1 is 1.48 bits per heavy atom. The smallest absolute Gasteiger partial charge is 0.242 e. The zero-order chi connectivity index (χ0) is 15.6. The van der Waals surface area contributed by atoms with Crippen LogP contribution in [0.2, 0.25) is 5.02 Å². The number of aryl methyl sites for hydroxylation is 1. The maximum Gasteiger partial charge on any atom is 0.242 e. The predicted octanol–water partition coefficient (Wildman–Crippen LogP) is 0.189. The second kappa shape index (κ2) is 5.93. The summed E-state index contributed by atoms with van der Waals surface area (Å²) in [7, 11) is -2.07. The highest BCUT2D eigenvalue weighted by atomic mass is 35.5. The van der Waals surface area contributed by atoms with Gasteiger partial charge in [-0.25, -0.2) is 24.0 Å². The summed E-state index contributed by atoms with van der Waals surface area (Å²) in [6.07, 6.45) is 2.65. The van der Waals surface area contributed by atoms with Crippen LogP contribution in [0, 0.1) is 0 Å². The number of halogens is 1. The van der Waals surface area contributed by atoms with Crippen LogP contribution >= 0.6 is 11.6 Å². The lowest BCUT2D eigenvalue weighted by Gasteiger charge is -2.13. The second-order valence-electron chi connectivity index (χ2n) is 4.29. The highest BCUT2D eigenvalue weighted by molar-refractivity contribution is 7.89. The van der Waals surface area contributed by atoms with Crippen LogP contribution in [0.5, 0.6) is 0 Å². The summed E-state index contributed by atoms with van der Waals surface area (Å²) in [5.74, 6) is 5.87. The first kappa shape index (κ1) is 15.6. The molecule has 0 saturated heterocycles. The number of aromatic nitrogens is 4. The van der Waals surface area contributed by atoms with E-state index in [1.165, 1.54) is 12.4 Å². The lowest BCUT2D eigenvalue weighted by atomic mass is 10.3. The van der Waals surface area contributed by atoms with Crippen molar-refractivity contribution in [2.45, 2.75) is 17.9 Å². The molecule has 21 heavy (non-hydrogen) atoms. The van der Waals surface area contributed by atoms with Crippen molar-refractivity contribution in [3.05, 3.63) is 29.4 Å². The van der Waals surface area contributed by atoms with Crippen LogP contribution in [0.1, 0.15) is 18.8 Å². The first-order valence-corrected chi connectivity index (χ1v) is 7.69. The Morgan fingerprint density at radius 2 is 2.19 bits per heavy atom. The Hall–Kier alpha value is -1.75. The van der Waals surface area contributed by atoms with E-state index in [2.05, 4.69) is 25.3 Å². The topological polar surface area (TPSA) is 128 Å². The summed E-state index contributed by atoms with van der Waals surface area (Å²) in [5, 5.41) is 7.66. The molecule has 0 saturated carbocycles. The van der Waals surface area contributed by atoms with Gasteiger partial charge in [-0.2, -0.15) is 0 Å². The fourth-order valence-electron chi connectivity index (χ4n) is 1.71. The molecule has 4 N–H and O–H groups in total. The summed E-state index contributed by atoms with van der Waals surface area (Å²) in [6.45, 7) is 1.66. The number of rotatable bonds is 5. The van der Waals surface area contributed by atoms with E-state index in [-0.39, 0.29) is 15.7 Å². The number of nitrogen functional groups attached to an aromatic ring is 1. The maximum absolute atomic E-state index is 12.3. The van der Waals surface area contributed by atoms with Crippen molar-refractivity contribution in [3.63, 3.8) is 0 Å². The van der Waals surface area contributed by atoms with Crippen molar-refractivity contribution >= 4 is 27.4 Å². The van der Waals surface area contributed by atoms with Crippen LogP contribution in [0.4, 0.5) is 5.82 Å². The monoisotopic (exact) mass is 331 g/mol. The van der Waals surface area contributed by atoms with Gasteiger partial charge in [-0.3, -0.25) is 0 Å². The lowest BCUT2D eigenvalue weighted by Crippen LogP contribution is -2.28. The normalized spacial score (nSPS) is 13.1. The standard InChI is InChI=1S/C10H14ClN7O2S/c1-6(10-16-14-5-18(10)2)17-21(19,20)7-3-8(11)9(15-12)13-4-7/h3-6,17H,12H2,1-2H3,(H,13,15). The molecular weight excluding hydrogens is 318 g/mol. The van der Waals surface area contributed by atoms with E-state index in [0.29, 0.717) is 5.82 Å². The fraction of sp³-hybridized carbons (Fsp3) is 0.300. The SMILES string of the molecule is CC(NS(=O)(=O)c1cnc(NN)c(Cl)c1)c1nncn1C. The Labute approximate surface area is 126 Å². The van der Waals surface area contributed by atoms with Gasteiger partial charge in [0.1, 0.15) is 17.0 Å². The number of pyridine rings is 1. The van der Waals surface area contributed by atoms with Gasteiger partial charge < -0.3 is 9.99 Å². The molecule has 0 aromatic carbocycles. The van der Waals surface area contributed by atoms with E-state index < -0.39 is 16.1 Å². The third kappa shape index (κ3) is 3.29. The van der Waals surface area contributed by atoms with Crippen molar-refractivity contribution in [1.29, 1.82) is 0 Å². The van der Waals surface area contributed by atoms with Gasteiger partial charge in [0.2, 0.25) is 10.0 Å². The van der Waals surface area contributed by atoms with Crippen molar-refractivity contribution in [2.75, 3.05) is 5.43 Å². The molecule has 114 valence electrons. The molecule has 2 rings (SSSR count). The van der Waals surface area contributed by atoms with E-state index in [4.69, 9.17) is 17.4 Å². The fourth-order valence-corrected chi connectivity index (χ4v) is 3.17.